The van der Waals surface area contributed by atoms with Crippen molar-refractivity contribution >= 4 is 23.2 Å². The molecule has 0 aromatic carbocycles. The second-order valence-electron chi connectivity index (χ2n) is 6.63. The second-order valence-corrected chi connectivity index (χ2v) is 7.55. The predicted molar refractivity (Wildman–Crippen MR) is 92.7 cm³/mol. The molecular formula is C18H24N2O2S. The van der Waals surface area contributed by atoms with E-state index in [0.717, 1.165) is 42.7 Å². The van der Waals surface area contributed by atoms with Crippen molar-refractivity contribution in [3.05, 3.63) is 34.5 Å². The summed E-state index contributed by atoms with van der Waals surface area (Å²) in [5.74, 6) is 0.325. The van der Waals surface area contributed by atoms with Gasteiger partial charge in [0.2, 0.25) is 5.91 Å². The van der Waals surface area contributed by atoms with E-state index in [0.29, 0.717) is 19.5 Å². The van der Waals surface area contributed by atoms with E-state index in [4.69, 9.17) is 0 Å². The molecule has 0 N–H and O–H groups in total. The zero-order chi connectivity index (χ0) is 16.4. The summed E-state index contributed by atoms with van der Waals surface area (Å²) >= 11 is 1.51. The lowest BCUT2D eigenvalue weighted by Crippen LogP contribution is -2.63. The normalized spacial score (nSPS) is 25.0. The lowest BCUT2D eigenvalue weighted by molar-refractivity contribution is -0.143. The molecule has 0 aliphatic carbocycles. The monoisotopic (exact) mass is 332 g/mol. The van der Waals surface area contributed by atoms with Gasteiger partial charge in [-0.2, -0.15) is 0 Å². The highest BCUT2D eigenvalue weighted by molar-refractivity contribution is 7.12. The molecule has 23 heavy (non-hydrogen) atoms. The Balaban J connectivity index is 1.84. The number of likely N-dealkylation sites (tertiary alicyclic amines) is 2. The molecule has 1 aromatic rings. The van der Waals surface area contributed by atoms with Crippen molar-refractivity contribution in [2.45, 2.75) is 44.6 Å². The number of carbonyl (C=O) groups is 2. The van der Waals surface area contributed by atoms with Gasteiger partial charge in [-0.1, -0.05) is 6.08 Å². The van der Waals surface area contributed by atoms with Crippen molar-refractivity contribution in [2.75, 3.05) is 19.6 Å². The third kappa shape index (κ3) is 2.94. The largest absolute Gasteiger partial charge is 0.336 e. The molecule has 1 spiro atoms. The minimum atomic E-state index is -0.192. The van der Waals surface area contributed by atoms with E-state index >= 15 is 0 Å². The van der Waals surface area contributed by atoms with Crippen molar-refractivity contribution < 1.29 is 9.59 Å². The summed E-state index contributed by atoms with van der Waals surface area (Å²) in [7, 11) is 0. The van der Waals surface area contributed by atoms with Gasteiger partial charge in [0.05, 0.1) is 10.4 Å². The fourth-order valence-corrected chi connectivity index (χ4v) is 4.87. The van der Waals surface area contributed by atoms with Crippen LogP contribution in [0.4, 0.5) is 0 Å². The molecule has 1 aromatic heterocycles. The molecule has 2 fully saturated rings. The third-order valence-corrected chi connectivity index (χ3v) is 6.12. The Hall–Kier alpha value is -1.62. The Morgan fingerprint density at radius 2 is 2.22 bits per heavy atom. The molecule has 2 aliphatic heterocycles. The lowest BCUT2D eigenvalue weighted by Gasteiger charge is -2.51. The van der Waals surface area contributed by atoms with Crippen LogP contribution in [-0.2, 0) is 4.79 Å². The van der Waals surface area contributed by atoms with Crippen LogP contribution in [0.15, 0.2) is 24.1 Å². The summed E-state index contributed by atoms with van der Waals surface area (Å²) in [6.45, 7) is 7.81. The van der Waals surface area contributed by atoms with Crippen molar-refractivity contribution in [3.63, 3.8) is 0 Å². The molecule has 3 rings (SSSR count). The van der Waals surface area contributed by atoms with E-state index in [2.05, 4.69) is 6.58 Å². The minimum absolute atomic E-state index is 0.119. The number of rotatable bonds is 3. The van der Waals surface area contributed by atoms with Crippen molar-refractivity contribution in [1.29, 1.82) is 0 Å². The zero-order valence-electron chi connectivity index (χ0n) is 13.7. The number of amides is 2. The highest BCUT2D eigenvalue weighted by Crippen LogP contribution is 2.37. The van der Waals surface area contributed by atoms with Crippen LogP contribution in [-0.4, -0.2) is 46.8 Å². The average molecular weight is 332 g/mol. The summed E-state index contributed by atoms with van der Waals surface area (Å²) in [6.07, 6.45) is 6.27. The Morgan fingerprint density at radius 1 is 1.43 bits per heavy atom. The summed E-state index contributed by atoms with van der Waals surface area (Å²) in [5, 5.41) is 1.97. The first-order valence-corrected chi connectivity index (χ1v) is 9.20. The van der Waals surface area contributed by atoms with Gasteiger partial charge in [0, 0.05) is 26.1 Å². The molecular weight excluding hydrogens is 308 g/mol. The zero-order valence-corrected chi connectivity index (χ0v) is 14.5. The summed E-state index contributed by atoms with van der Waals surface area (Å²) in [6, 6.07) is 1.99. The topological polar surface area (TPSA) is 40.6 Å². The lowest BCUT2D eigenvalue weighted by atomic mass is 9.79. The first-order chi connectivity index (χ1) is 11.1. The van der Waals surface area contributed by atoms with Crippen LogP contribution in [0.3, 0.4) is 0 Å². The van der Waals surface area contributed by atoms with Crippen molar-refractivity contribution in [2.24, 2.45) is 0 Å². The van der Waals surface area contributed by atoms with Gasteiger partial charge in [-0.05, 0) is 49.6 Å². The van der Waals surface area contributed by atoms with Crippen LogP contribution in [0.1, 0.15) is 47.3 Å². The molecule has 1 atom stereocenters. The van der Waals surface area contributed by atoms with E-state index in [1.54, 1.807) is 6.08 Å². The Bertz CT molecular complexity index is 620. The number of aryl methyl sites for hydroxylation is 1. The van der Waals surface area contributed by atoms with Crippen LogP contribution >= 0.6 is 11.3 Å². The molecule has 5 heteroatoms. The first-order valence-electron chi connectivity index (χ1n) is 8.32. The molecule has 2 saturated heterocycles. The highest BCUT2D eigenvalue weighted by Gasteiger charge is 2.45. The van der Waals surface area contributed by atoms with E-state index in [1.807, 2.05) is 28.2 Å². The molecule has 124 valence electrons. The van der Waals surface area contributed by atoms with Crippen molar-refractivity contribution in [1.82, 2.24) is 9.80 Å². The van der Waals surface area contributed by atoms with Crippen LogP contribution in [0.2, 0.25) is 0 Å². The number of carbonyl (C=O) groups excluding carboxylic acids is 2. The van der Waals surface area contributed by atoms with Crippen LogP contribution in [0.5, 0.6) is 0 Å². The standard InChI is InChI=1S/C18H24N2O2S/c1-3-10-20-15(21)6-4-8-18(20)9-5-11-19(13-18)17(22)16-14(2)7-12-23-16/h3,7,12H,1,4-6,8-11,13H2,2H3/t18-/m0/s1. The Kier molecular flexibility index (Phi) is 4.57. The molecule has 2 amide bonds. The smallest absolute Gasteiger partial charge is 0.264 e. The molecule has 2 aliphatic rings. The van der Waals surface area contributed by atoms with E-state index in [9.17, 15) is 9.59 Å². The number of hydrogen-bond donors (Lipinski definition) is 0. The van der Waals surface area contributed by atoms with E-state index < -0.39 is 0 Å². The van der Waals surface area contributed by atoms with Gasteiger partial charge in [-0.15, -0.1) is 17.9 Å². The van der Waals surface area contributed by atoms with E-state index in [1.165, 1.54) is 11.3 Å². The maximum absolute atomic E-state index is 12.9. The third-order valence-electron chi connectivity index (χ3n) is 5.12. The maximum atomic E-state index is 12.9. The minimum Gasteiger partial charge on any atom is -0.336 e. The fraction of sp³-hybridized carbons (Fsp3) is 0.556. The van der Waals surface area contributed by atoms with Gasteiger partial charge < -0.3 is 9.80 Å². The van der Waals surface area contributed by atoms with Crippen LogP contribution < -0.4 is 0 Å². The molecule has 4 nitrogen and oxygen atoms in total. The number of piperidine rings is 2. The molecule has 0 unspecified atom stereocenters. The Morgan fingerprint density at radius 3 is 2.91 bits per heavy atom. The number of thiophene rings is 1. The fourth-order valence-electron chi connectivity index (χ4n) is 3.97. The van der Waals surface area contributed by atoms with Gasteiger partial charge >= 0.3 is 0 Å². The summed E-state index contributed by atoms with van der Waals surface area (Å²) in [5.41, 5.74) is 0.852. The van der Waals surface area contributed by atoms with Gasteiger partial charge in [-0.3, -0.25) is 9.59 Å². The SMILES string of the molecule is C=CCN1C(=O)CCC[C@@]12CCCN(C(=O)c1sccc1C)C2. The molecule has 3 heterocycles. The van der Waals surface area contributed by atoms with Crippen molar-refractivity contribution in [3.8, 4) is 0 Å². The van der Waals surface area contributed by atoms with Gasteiger partial charge in [0.1, 0.15) is 0 Å². The molecule has 0 saturated carbocycles. The van der Waals surface area contributed by atoms with Crippen LogP contribution in [0.25, 0.3) is 0 Å². The summed E-state index contributed by atoms with van der Waals surface area (Å²) < 4.78 is 0. The molecule has 0 bridgehead atoms. The van der Waals surface area contributed by atoms with E-state index in [-0.39, 0.29) is 17.4 Å². The Labute approximate surface area is 141 Å². The van der Waals surface area contributed by atoms with Crippen LogP contribution in [0, 0.1) is 6.92 Å². The maximum Gasteiger partial charge on any atom is 0.264 e. The molecule has 0 radical (unpaired) electrons. The van der Waals surface area contributed by atoms with Gasteiger partial charge in [0.25, 0.3) is 5.91 Å². The van der Waals surface area contributed by atoms with Gasteiger partial charge in [0.15, 0.2) is 0 Å². The highest BCUT2D eigenvalue weighted by atomic mass is 32.1. The number of nitrogens with zero attached hydrogens (tertiary/aromatic N) is 2. The predicted octanol–water partition coefficient (Wildman–Crippen LogP) is 3.23. The average Bonchev–Trinajstić information content (AvgIpc) is 2.97. The number of hydrogen-bond acceptors (Lipinski definition) is 3. The second kappa shape index (κ2) is 6.48. The summed E-state index contributed by atoms with van der Waals surface area (Å²) in [4.78, 5) is 30.0. The first kappa shape index (κ1) is 16.2. The van der Waals surface area contributed by atoms with Gasteiger partial charge in [-0.25, -0.2) is 0 Å². The quantitative estimate of drug-likeness (QED) is 0.797.